The Hall–Kier alpha value is -1.88. The largest absolute Gasteiger partial charge is 0.484 e. The first-order chi connectivity index (χ1) is 9.81. The van der Waals surface area contributed by atoms with Crippen LogP contribution in [0.1, 0.15) is 31.5 Å². The predicted octanol–water partition coefficient (Wildman–Crippen LogP) is 2.38. The van der Waals surface area contributed by atoms with Crippen molar-refractivity contribution >= 4 is 0 Å². The SMILES string of the molecule is CCCn1cc(OCc2ccc(CNCC)cn2)cn1. The molecule has 0 fully saturated rings. The number of ether oxygens (including phenoxy) is 1. The van der Waals surface area contributed by atoms with Crippen LogP contribution < -0.4 is 10.1 Å². The number of pyridine rings is 1. The minimum Gasteiger partial charge on any atom is -0.484 e. The number of hydrogen-bond donors (Lipinski definition) is 1. The van der Waals surface area contributed by atoms with E-state index in [-0.39, 0.29) is 0 Å². The van der Waals surface area contributed by atoms with Crippen molar-refractivity contribution in [1.29, 1.82) is 0 Å². The molecule has 20 heavy (non-hydrogen) atoms. The molecule has 2 heterocycles. The molecule has 0 aromatic carbocycles. The van der Waals surface area contributed by atoms with E-state index in [0.717, 1.165) is 37.5 Å². The van der Waals surface area contributed by atoms with Crippen LogP contribution in [0.5, 0.6) is 5.75 Å². The Kier molecular flexibility index (Phi) is 5.55. The fourth-order valence-corrected chi connectivity index (χ4v) is 1.84. The van der Waals surface area contributed by atoms with Gasteiger partial charge >= 0.3 is 0 Å². The van der Waals surface area contributed by atoms with E-state index in [1.54, 1.807) is 6.20 Å². The Morgan fingerprint density at radius 1 is 1.25 bits per heavy atom. The number of aryl methyl sites for hydroxylation is 1. The second kappa shape index (κ2) is 7.65. The minimum absolute atomic E-state index is 0.472. The monoisotopic (exact) mass is 274 g/mol. The van der Waals surface area contributed by atoms with Gasteiger partial charge in [0, 0.05) is 19.3 Å². The van der Waals surface area contributed by atoms with E-state index in [9.17, 15) is 0 Å². The molecule has 0 amide bonds. The quantitative estimate of drug-likeness (QED) is 0.803. The van der Waals surface area contributed by atoms with Crippen molar-refractivity contribution < 1.29 is 4.74 Å². The summed E-state index contributed by atoms with van der Waals surface area (Å²) < 4.78 is 7.57. The highest BCUT2D eigenvalue weighted by Gasteiger charge is 2.01. The maximum Gasteiger partial charge on any atom is 0.157 e. The zero-order valence-electron chi connectivity index (χ0n) is 12.2. The lowest BCUT2D eigenvalue weighted by molar-refractivity contribution is 0.301. The van der Waals surface area contributed by atoms with E-state index in [1.807, 2.05) is 23.1 Å². The van der Waals surface area contributed by atoms with Crippen LogP contribution >= 0.6 is 0 Å². The van der Waals surface area contributed by atoms with Gasteiger partial charge in [-0.15, -0.1) is 0 Å². The topological polar surface area (TPSA) is 52.0 Å². The molecule has 5 heteroatoms. The van der Waals surface area contributed by atoms with Gasteiger partial charge in [0.25, 0.3) is 0 Å². The third kappa shape index (κ3) is 4.35. The Bertz CT molecular complexity index is 507. The van der Waals surface area contributed by atoms with Crippen molar-refractivity contribution in [1.82, 2.24) is 20.1 Å². The van der Waals surface area contributed by atoms with Crippen molar-refractivity contribution in [2.24, 2.45) is 0 Å². The van der Waals surface area contributed by atoms with Gasteiger partial charge in [0.1, 0.15) is 6.61 Å². The summed E-state index contributed by atoms with van der Waals surface area (Å²) in [6.45, 7) is 7.43. The Labute approximate surface area is 120 Å². The molecular formula is C15H22N4O. The highest BCUT2D eigenvalue weighted by molar-refractivity contribution is 5.16. The summed E-state index contributed by atoms with van der Waals surface area (Å²) >= 11 is 0. The number of hydrogen-bond acceptors (Lipinski definition) is 4. The van der Waals surface area contributed by atoms with Crippen LogP contribution in [-0.4, -0.2) is 21.3 Å². The van der Waals surface area contributed by atoms with E-state index < -0.39 is 0 Å². The van der Waals surface area contributed by atoms with Crippen LogP contribution in [0.3, 0.4) is 0 Å². The number of nitrogens with zero attached hydrogens (tertiary/aromatic N) is 3. The van der Waals surface area contributed by atoms with Crippen LogP contribution in [0, 0.1) is 0 Å². The molecule has 0 aliphatic rings. The summed E-state index contributed by atoms with van der Waals surface area (Å²) in [5, 5.41) is 7.50. The van der Waals surface area contributed by atoms with Gasteiger partial charge in [-0.3, -0.25) is 9.67 Å². The van der Waals surface area contributed by atoms with E-state index >= 15 is 0 Å². The van der Waals surface area contributed by atoms with Gasteiger partial charge in [-0.05, 0) is 24.6 Å². The molecule has 0 saturated carbocycles. The summed E-state index contributed by atoms with van der Waals surface area (Å²) in [7, 11) is 0. The lowest BCUT2D eigenvalue weighted by Crippen LogP contribution is -2.12. The van der Waals surface area contributed by atoms with Crippen LogP contribution in [0.4, 0.5) is 0 Å². The number of nitrogens with one attached hydrogen (secondary N) is 1. The van der Waals surface area contributed by atoms with Crippen LogP contribution in [0.2, 0.25) is 0 Å². The highest BCUT2D eigenvalue weighted by atomic mass is 16.5. The molecule has 2 aromatic heterocycles. The summed E-state index contributed by atoms with van der Waals surface area (Å²) in [4.78, 5) is 4.40. The zero-order valence-corrected chi connectivity index (χ0v) is 12.2. The summed E-state index contributed by atoms with van der Waals surface area (Å²) in [5.74, 6) is 0.789. The van der Waals surface area contributed by atoms with Gasteiger partial charge in [-0.25, -0.2) is 0 Å². The second-order valence-corrected chi connectivity index (χ2v) is 4.67. The average Bonchev–Trinajstić information content (AvgIpc) is 2.92. The number of aromatic nitrogens is 3. The third-order valence-electron chi connectivity index (χ3n) is 2.91. The van der Waals surface area contributed by atoms with E-state index in [1.165, 1.54) is 5.56 Å². The maximum atomic E-state index is 5.68. The fourth-order valence-electron chi connectivity index (χ4n) is 1.84. The molecule has 0 atom stereocenters. The first kappa shape index (κ1) is 14.5. The molecule has 0 radical (unpaired) electrons. The first-order valence-electron chi connectivity index (χ1n) is 7.11. The van der Waals surface area contributed by atoms with Crippen LogP contribution in [-0.2, 0) is 19.7 Å². The number of rotatable bonds is 8. The summed E-state index contributed by atoms with van der Waals surface area (Å²) in [6.07, 6.45) is 6.62. The van der Waals surface area contributed by atoms with E-state index in [0.29, 0.717) is 6.61 Å². The highest BCUT2D eigenvalue weighted by Crippen LogP contribution is 2.11. The normalized spacial score (nSPS) is 10.7. The molecule has 0 spiro atoms. The van der Waals surface area contributed by atoms with Crippen molar-refractivity contribution in [2.75, 3.05) is 6.54 Å². The molecule has 2 aromatic rings. The van der Waals surface area contributed by atoms with Crippen molar-refractivity contribution in [3.05, 3.63) is 42.0 Å². The first-order valence-corrected chi connectivity index (χ1v) is 7.11. The summed E-state index contributed by atoms with van der Waals surface area (Å²) in [5.41, 5.74) is 2.11. The average molecular weight is 274 g/mol. The van der Waals surface area contributed by atoms with Gasteiger partial charge in [0.15, 0.2) is 5.75 Å². The van der Waals surface area contributed by atoms with E-state index in [2.05, 4.69) is 35.3 Å². The van der Waals surface area contributed by atoms with Crippen LogP contribution in [0.15, 0.2) is 30.7 Å². The molecule has 0 aliphatic heterocycles. The second-order valence-electron chi connectivity index (χ2n) is 4.67. The molecule has 0 bridgehead atoms. The Morgan fingerprint density at radius 3 is 2.85 bits per heavy atom. The fraction of sp³-hybridized carbons (Fsp3) is 0.467. The van der Waals surface area contributed by atoms with E-state index in [4.69, 9.17) is 4.74 Å². The minimum atomic E-state index is 0.472. The Morgan fingerprint density at radius 2 is 2.15 bits per heavy atom. The van der Waals surface area contributed by atoms with Gasteiger partial charge in [-0.2, -0.15) is 5.10 Å². The molecule has 0 saturated heterocycles. The van der Waals surface area contributed by atoms with Gasteiger partial charge in [0.05, 0.1) is 18.1 Å². The standard InChI is InChI=1S/C15H22N4O/c1-3-7-19-11-15(10-18-19)20-12-14-6-5-13(9-17-14)8-16-4-2/h5-6,9-11,16H,3-4,7-8,12H2,1-2H3. The molecule has 1 N–H and O–H groups in total. The molecule has 2 rings (SSSR count). The Balaban J connectivity index is 1.83. The smallest absolute Gasteiger partial charge is 0.157 e. The van der Waals surface area contributed by atoms with Gasteiger partial charge in [0.2, 0.25) is 0 Å². The lowest BCUT2D eigenvalue weighted by Gasteiger charge is -2.05. The molecular weight excluding hydrogens is 252 g/mol. The van der Waals surface area contributed by atoms with Crippen LogP contribution in [0.25, 0.3) is 0 Å². The zero-order chi connectivity index (χ0) is 14.2. The van der Waals surface area contributed by atoms with Crippen molar-refractivity contribution in [3.63, 3.8) is 0 Å². The lowest BCUT2D eigenvalue weighted by atomic mass is 10.2. The molecule has 0 unspecified atom stereocenters. The third-order valence-corrected chi connectivity index (χ3v) is 2.91. The van der Waals surface area contributed by atoms with Gasteiger partial charge in [-0.1, -0.05) is 19.9 Å². The molecule has 0 aliphatic carbocycles. The molecule has 5 nitrogen and oxygen atoms in total. The predicted molar refractivity (Wildman–Crippen MR) is 78.5 cm³/mol. The van der Waals surface area contributed by atoms with Crippen molar-refractivity contribution in [2.45, 2.75) is 40.0 Å². The van der Waals surface area contributed by atoms with Gasteiger partial charge < -0.3 is 10.1 Å². The molecule has 108 valence electrons. The maximum absolute atomic E-state index is 5.68. The van der Waals surface area contributed by atoms with Crippen molar-refractivity contribution in [3.8, 4) is 5.75 Å². The summed E-state index contributed by atoms with van der Waals surface area (Å²) in [6, 6.07) is 4.08.